The monoisotopic (exact) mass is 276 g/mol. The average Bonchev–Trinajstić information content (AvgIpc) is 2.91. The molecule has 1 heterocycles. The molecule has 1 N–H and O–H groups in total. The van der Waals surface area contributed by atoms with E-state index in [1.165, 1.54) is 30.5 Å². The summed E-state index contributed by atoms with van der Waals surface area (Å²) in [6.07, 6.45) is 7.69. The maximum absolute atomic E-state index is 5.68. The number of hydrogen-bond donors (Lipinski definition) is 1. The molecule has 0 saturated carbocycles. The first-order valence-corrected chi connectivity index (χ1v) is 8.11. The molecule has 112 valence electrons. The Morgan fingerprint density at radius 2 is 2.25 bits per heavy atom. The zero-order valence-electron chi connectivity index (χ0n) is 12.9. The van der Waals surface area contributed by atoms with E-state index in [0.717, 1.165) is 32.6 Å². The molecule has 3 nitrogen and oxygen atoms in total. The fourth-order valence-corrected chi connectivity index (χ4v) is 3.07. The number of aromatic nitrogens is 1. The van der Waals surface area contributed by atoms with Gasteiger partial charge in [-0.05, 0) is 50.3 Å². The number of fused-ring (bicyclic) bond motifs is 1. The molecular weight excluding hydrogens is 248 g/mol. The minimum absolute atomic E-state index is 0.503. The summed E-state index contributed by atoms with van der Waals surface area (Å²) in [5, 5.41) is 3.71. The van der Waals surface area contributed by atoms with Crippen LogP contribution in [-0.2, 0) is 11.2 Å². The Bertz CT molecular complexity index is 394. The molecular formula is C17H28N2O. The molecule has 1 aliphatic rings. The van der Waals surface area contributed by atoms with Crippen LogP contribution in [0.3, 0.4) is 0 Å². The van der Waals surface area contributed by atoms with Crippen molar-refractivity contribution in [3.8, 4) is 0 Å². The third-order valence-electron chi connectivity index (χ3n) is 4.07. The van der Waals surface area contributed by atoms with Gasteiger partial charge < -0.3 is 10.1 Å². The van der Waals surface area contributed by atoms with Gasteiger partial charge in [-0.25, -0.2) is 0 Å². The number of nitrogens with zero attached hydrogens (tertiary/aromatic N) is 1. The first-order valence-electron chi connectivity index (χ1n) is 8.11. The first kappa shape index (κ1) is 15.5. The van der Waals surface area contributed by atoms with Crippen molar-refractivity contribution in [3.63, 3.8) is 0 Å². The van der Waals surface area contributed by atoms with Crippen LogP contribution < -0.4 is 5.32 Å². The molecule has 2 atom stereocenters. The van der Waals surface area contributed by atoms with Gasteiger partial charge in [0.25, 0.3) is 0 Å². The molecule has 2 rings (SSSR count). The van der Waals surface area contributed by atoms with Gasteiger partial charge in [0.05, 0.1) is 0 Å². The second kappa shape index (κ2) is 8.38. The number of aryl methyl sites for hydroxylation is 1. The van der Waals surface area contributed by atoms with Crippen LogP contribution in [0, 0.1) is 0 Å². The zero-order valence-corrected chi connectivity index (χ0v) is 12.9. The van der Waals surface area contributed by atoms with E-state index in [-0.39, 0.29) is 0 Å². The van der Waals surface area contributed by atoms with Gasteiger partial charge in [0.15, 0.2) is 0 Å². The van der Waals surface area contributed by atoms with Gasteiger partial charge in [0.1, 0.15) is 0 Å². The highest BCUT2D eigenvalue weighted by molar-refractivity contribution is 5.29. The van der Waals surface area contributed by atoms with Crippen LogP contribution in [-0.4, -0.2) is 30.8 Å². The number of nitrogens with one attached hydrogen (secondary N) is 1. The van der Waals surface area contributed by atoms with Crippen molar-refractivity contribution in [2.24, 2.45) is 0 Å². The van der Waals surface area contributed by atoms with Crippen molar-refractivity contribution in [1.29, 1.82) is 0 Å². The summed E-state index contributed by atoms with van der Waals surface area (Å²) in [5.74, 6) is 0.558. The highest BCUT2D eigenvalue weighted by Crippen LogP contribution is 2.34. The second-order valence-electron chi connectivity index (χ2n) is 5.65. The van der Waals surface area contributed by atoms with Crippen LogP contribution in [0.15, 0.2) is 18.3 Å². The summed E-state index contributed by atoms with van der Waals surface area (Å²) in [6, 6.07) is 4.79. The smallest absolute Gasteiger partial charge is 0.0482 e. The lowest BCUT2D eigenvalue weighted by Crippen LogP contribution is -2.36. The Balaban J connectivity index is 1.96. The van der Waals surface area contributed by atoms with Crippen molar-refractivity contribution < 1.29 is 4.74 Å². The van der Waals surface area contributed by atoms with Crippen LogP contribution in [0.4, 0.5) is 0 Å². The molecule has 0 radical (unpaired) electrons. The van der Waals surface area contributed by atoms with Gasteiger partial charge in [-0.1, -0.05) is 19.9 Å². The molecule has 0 aromatic carbocycles. The number of hydrogen-bond acceptors (Lipinski definition) is 3. The molecule has 0 aliphatic heterocycles. The predicted molar refractivity (Wildman–Crippen MR) is 83.1 cm³/mol. The molecule has 0 bridgehead atoms. The van der Waals surface area contributed by atoms with E-state index >= 15 is 0 Å². The molecule has 0 fully saturated rings. The Kier molecular flexibility index (Phi) is 6.48. The molecule has 0 amide bonds. The topological polar surface area (TPSA) is 34.1 Å². The third-order valence-corrected chi connectivity index (χ3v) is 4.07. The fourth-order valence-electron chi connectivity index (χ4n) is 3.07. The van der Waals surface area contributed by atoms with Crippen LogP contribution in [0.2, 0.25) is 0 Å². The lowest BCUT2D eigenvalue weighted by Gasteiger charge is -2.25. The highest BCUT2D eigenvalue weighted by atomic mass is 16.5. The molecule has 1 aromatic rings. The van der Waals surface area contributed by atoms with Crippen LogP contribution in [0.5, 0.6) is 0 Å². The molecule has 2 unspecified atom stereocenters. The van der Waals surface area contributed by atoms with Gasteiger partial charge in [-0.2, -0.15) is 0 Å². The van der Waals surface area contributed by atoms with Crippen molar-refractivity contribution >= 4 is 0 Å². The zero-order chi connectivity index (χ0) is 14.2. The van der Waals surface area contributed by atoms with E-state index in [4.69, 9.17) is 4.74 Å². The molecule has 0 saturated heterocycles. The van der Waals surface area contributed by atoms with E-state index in [2.05, 4.69) is 36.3 Å². The summed E-state index contributed by atoms with van der Waals surface area (Å²) >= 11 is 0. The SMILES string of the molecule is CCCNC(CCOCCC)C1CCc2cccnc21. The Hall–Kier alpha value is -0.930. The lowest BCUT2D eigenvalue weighted by molar-refractivity contribution is 0.121. The summed E-state index contributed by atoms with van der Waals surface area (Å²) in [5.41, 5.74) is 2.76. The Morgan fingerprint density at radius 1 is 1.35 bits per heavy atom. The summed E-state index contributed by atoms with van der Waals surface area (Å²) < 4.78 is 5.68. The maximum Gasteiger partial charge on any atom is 0.0482 e. The molecule has 1 aromatic heterocycles. The van der Waals surface area contributed by atoms with Gasteiger partial charge in [0.2, 0.25) is 0 Å². The van der Waals surface area contributed by atoms with Gasteiger partial charge in [-0.3, -0.25) is 4.98 Å². The van der Waals surface area contributed by atoms with E-state index < -0.39 is 0 Å². The number of rotatable bonds is 9. The largest absolute Gasteiger partial charge is 0.381 e. The summed E-state index contributed by atoms with van der Waals surface area (Å²) in [6.45, 7) is 7.19. The number of pyridine rings is 1. The van der Waals surface area contributed by atoms with Gasteiger partial charge in [-0.15, -0.1) is 0 Å². The minimum atomic E-state index is 0.503. The molecule has 0 spiro atoms. The summed E-state index contributed by atoms with van der Waals surface area (Å²) in [7, 11) is 0. The van der Waals surface area contributed by atoms with Gasteiger partial charge in [0, 0.05) is 37.1 Å². The second-order valence-corrected chi connectivity index (χ2v) is 5.65. The standard InChI is InChI=1S/C17H28N2O/c1-3-10-18-16(9-13-20-12-4-2)15-8-7-14-6-5-11-19-17(14)15/h5-6,11,15-16,18H,3-4,7-10,12-13H2,1-2H3. The lowest BCUT2D eigenvalue weighted by atomic mass is 9.94. The van der Waals surface area contributed by atoms with Gasteiger partial charge >= 0.3 is 0 Å². The molecule has 3 heteroatoms. The van der Waals surface area contributed by atoms with E-state index in [1.807, 2.05) is 6.20 Å². The molecule has 20 heavy (non-hydrogen) atoms. The Morgan fingerprint density at radius 3 is 3.05 bits per heavy atom. The quantitative estimate of drug-likeness (QED) is 0.703. The van der Waals surface area contributed by atoms with E-state index in [9.17, 15) is 0 Å². The Labute approximate surface area is 123 Å². The normalized spacial score (nSPS) is 19.0. The van der Waals surface area contributed by atoms with Crippen molar-refractivity contribution in [2.75, 3.05) is 19.8 Å². The summed E-state index contributed by atoms with van der Waals surface area (Å²) in [4.78, 5) is 4.63. The first-order chi connectivity index (χ1) is 9.86. The van der Waals surface area contributed by atoms with Crippen LogP contribution in [0.1, 0.15) is 56.7 Å². The van der Waals surface area contributed by atoms with Crippen LogP contribution in [0.25, 0.3) is 0 Å². The van der Waals surface area contributed by atoms with Crippen molar-refractivity contribution in [1.82, 2.24) is 10.3 Å². The van der Waals surface area contributed by atoms with Crippen molar-refractivity contribution in [3.05, 3.63) is 29.6 Å². The minimum Gasteiger partial charge on any atom is -0.381 e. The average molecular weight is 276 g/mol. The maximum atomic E-state index is 5.68. The van der Waals surface area contributed by atoms with Crippen LogP contribution >= 0.6 is 0 Å². The highest BCUT2D eigenvalue weighted by Gasteiger charge is 2.30. The number of ether oxygens (including phenoxy) is 1. The van der Waals surface area contributed by atoms with E-state index in [1.54, 1.807) is 0 Å². The third kappa shape index (κ3) is 4.03. The van der Waals surface area contributed by atoms with Crippen molar-refractivity contribution in [2.45, 2.75) is 57.9 Å². The fraction of sp³-hybridized carbons (Fsp3) is 0.706. The molecule has 1 aliphatic carbocycles. The van der Waals surface area contributed by atoms with E-state index in [0.29, 0.717) is 12.0 Å². The predicted octanol–water partition coefficient (Wildman–Crippen LogP) is 3.30.